The zero-order chi connectivity index (χ0) is 17.9. The van der Waals surface area contributed by atoms with Crippen LogP contribution in [0.2, 0.25) is 0 Å². The Hall–Kier alpha value is -3.07. The van der Waals surface area contributed by atoms with E-state index in [0.717, 1.165) is 16.5 Å². The van der Waals surface area contributed by atoms with E-state index >= 15 is 0 Å². The molecule has 0 aliphatic rings. The topological polar surface area (TPSA) is 82.5 Å². The minimum Gasteiger partial charge on any atom is -0.338 e. The molecule has 0 amide bonds. The minimum absolute atomic E-state index is 0.305. The van der Waals surface area contributed by atoms with Crippen LogP contribution < -0.4 is 0 Å². The normalized spacial score (nSPS) is 11.0. The van der Waals surface area contributed by atoms with Crippen LogP contribution in [0.25, 0.3) is 22.8 Å². The van der Waals surface area contributed by atoms with Gasteiger partial charge in [0.1, 0.15) is 5.82 Å². The summed E-state index contributed by atoms with van der Waals surface area (Å²) in [5.74, 6) is 1.79. The molecule has 26 heavy (non-hydrogen) atoms. The number of thioether (sulfide) groups is 1. The summed E-state index contributed by atoms with van der Waals surface area (Å²) in [5.41, 5.74) is 1.64. The second-order valence-electron chi connectivity index (χ2n) is 5.41. The molecular formula is C17H13FN6OS. The molecule has 0 unspecified atom stereocenters. The molecule has 0 radical (unpaired) electrons. The second-order valence-corrected chi connectivity index (χ2v) is 6.35. The summed E-state index contributed by atoms with van der Waals surface area (Å²) in [5, 5.41) is 13.1. The van der Waals surface area contributed by atoms with Crippen LogP contribution in [0.15, 0.2) is 58.5 Å². The first-order valence-corrected chi connectivity index (χ1v) is 8.70. The molecule has 0 aliphatic carbocycles. The van der Waals surface area contributed by atoms with E-state index in [4.69, 9.17) is 4.52 Å². The summed E-state index contributed by atoms with van der Waals surface area (Å²) in [7, 11) is 1.90. The average Bonchev–Trinajstić information content (AvgIpc) is 3.28. The molecule has 3 aromatic heterocycles. The Kier molecular flexibility index (Phi) is 4.44. The molecule has 7 nitrogen and oxygen atoms in total. The molecule has 3 heterocycles. The van der Waals surface area contributed by atoms with Crippen LogP contribution in [0.3, 0.4) is 0 Å². The number of benzene rings is 1. The van der Waals surface area contributed by atoms with Gasteiger partial charge in [0.05, 0.1) is 5.75 Å². The van der Waals surface area contributed by atoms with Crippen LogP contribution in [0.1, 0.15) is 5.89 Å². The Balaban J connectivity index is 1.47. The standard InChI is InChI=1S/C17H13FN6OS/c1-24-16(12-6-8-19-9-7-12)21-22-17(24)26-10-14-20-15(23-25-14)11-2-4-13(18)5-3-11/h2-9H,10H2,1H3. The van der Waals surface area contributed by atoms with Crippen LogP contribution in [0.5, 0.6) is 0 Å². The van der Waals surface area contributed by atoms with Gasteiger partial charge >= 0.3 is 0 Å². The molecule has 0 N–H and O–H groups in total. The molecule has 0 bridgehead atoms. The van der Waals surface area contributed by atoms with Crippen LogP contribution in [0, 0.1) is 5.82 Å². The number of hydrogen-bond donors (Lipinski definition) is 0. The van der Waals surface area contributed by atoms with E-state index in [-0.39, 0.29) is 5.82 Å². The highest BCUT2D eigenvalue weighted by molar-refractivity contribution is 7.98. The van der Waals surface area contributed by atoms with Gasteiger partial charge in [0.2, 0.25) is 11.7 Å². The molecular weight excluding hydrogens is 355 g/mol. The number of rotatable bonds is 5. The van der Waals surface area contributed by atoms with Crippen molar-refractivity contribution in [1.82, 2.24) is 29.9 Å². The van der Waals surface area contributed by atoms with Gasteiger partial charge in [-0.2, -0.15) is 4.98 Å². The van der Waals surface area contributed by atoms with Gasteiger partial charge in [-0.3, -0.25) is 4.98 Å². The maximum Gasteiger partial charge on any atom is 0.237 e. The highest BCUT2D eigenvalue weighted by Gasteiger charge is 2.14. The molecule has 4 rings (SSSR count). The van der Waals surface area contributed by atoms with Gasteiger partial charge in [-0.25, -0.2) is 4.39 Å². The SMILES string of the molecule is Cn1c(SCc2nc(-c3ccc(F)cc3)no2)nnc1-c1ccncc1. The van der Waals surface area contributed by atoms with E-state index < -0.39 is 0 Å². The quantitative estimate of drug-likeness (QED) is 0.500. The average molecular weight is 368 g/mol. The van der Waals surface area contributed by atoms with Gasteiger partial charge in [0, 0.05) is 30.6 Å². The second kappa shape index (κ2) is 7.04. The lowest BCUT2D eigenvalue weighted by molar-refractivity contribution is 0.391. The Morgan fingerprint density at radius 1 is 1.04 bits per heavy atom. The van der Waals surface area contributed by atoms with Crippen molar-refractivity contribution in [1.29, 1.82) is 0 Å². The zero-order valence-corrected chi connectivity index (χ0v) is 14.5. The van der Waals surface area contributed by atoms with Gasteiger partial charge < -0.3 is 9.09 Å². The highest BCUT2D eigenvalue weighted by Crippen LogP contribution is 2.25. The number of halogens is 1. The fourth-order valence-electron chi connectivity index (χ4n) is 2.35. The third-order valence-corrected chi connectivity index (χ3v) is 4.67. The Morgan fingerprint density at radius 3 is 2.58 bits per heavy atom. The smallest absolute Gasteiger partial charge is 0.237 e. The highest BCUT2D eigenvalue weighted by atomic mass is 32.2. The summed E-state index contributed by atoms with van der Waals surface area (Å²) >= 11 is 1.44. The molecule has 130 valence electrons. The van der Waals surface area contributed by atoms with E-state index in [9.17, 15) is 4.39 Å². The molecule has 0 saturated carbocycles. The van der Waals surface area contributed by atoms with Crippen molar-refractivity contribution in [3.8, 4) is 22.8 Å². The number of aromatic nitrogens is 6. The van der Waals surface area contributed by atoms with E-state index in [0.29, 0.717) is 23.0 Å². The predicted octanol–water partition coefficient (Wildman–Crippen LogP) is 3.36. The van der Waals surface area contributed by atoms with Gasteiger partial charge in [0.15, 0.2) is 11.0 Å². The molecule has 0 aliphatic heterocycles. The minimum atomic E-state index is -0.305. The maximum absolute atomic E-state index is 13.0. The summed E-state index contributed by atoms with van der Waals surface area (Å²) in [6, 6.07) is 9.71. The van der Waals surface area contributed by atoms with Crippen LogP contribution >= 0.6 is 11.8 Å². The lowest BCUT2D eigenvalue weighted by atomic mass is 10.2. The first-order chi connectivity index (χ1) is 12.7. The van der Waals surface area contributed by atoms with Crippen molar-refractivity contribution >= 4 is 11.8 Å². The fourth-order valence-corrected chi connectivity index (χ4v) is 3.10. The van der Waals surface area contributed by atoms with Gasteiger partial charge in [-0.1, -0.05) is 16.9 Å². The van der Waals surface area contributed by atoms with Crippen LogP contribution in [-0.2, 0) is 12.8 Å². The lowest BCUT2D eigenvalue weighted by Gasteiger charge is -2.02. The third-order valence-electron chi connectivity index (χ3n) is 3.67. The Bertz CT molecular complexity index is 1020. The van der Waals surface area contributed by atoms with Crippen LogP contribution in [0.4, 0.5) is 4.39 Å². The van der Waals surface area contributed by atoms with Crippen LogP contribution in [-0.4, -0.2) is 29.9 Å². The molecule has 0 saturated heterocycles. The third kappa shape index (κ3) is 3.33. The number of hydrogen-bond acceptors (Lipinski definition) is 7. The Morgan fingerprint density at radius 2 is 1.81 bits per heavy atom. The van der Waals surface area contributed by atoms with Crippen molar-refractivity contribution in [2.45, 2.75) is 10.9 Å². The summed E-state index contributed by atoms with van der Waals surface area (Å²) in [6.07, 6.45) is 3.43. The Labute approximate surface area is 152 Å². The van der Waals surface area contributed by atoms with Gasteiger partial charge in [-0.05, 0) is 36.4 Å². The molecule has 0 atom stereocenters. The maximum atomic E-state index is 13.0. The molecule has 0 spiro atoms. The number of nitrogens with zero attached hydrogens (tertiary/aromatic N) is 6. The lowest BCUT2D eigenvalue weighted by Crippen LogP contribution is -1.95. The van der Waals surface area contributed by atoms with Gasteiger partial charge in [-0.15, -0.1) is 10.2 Å². The molecule has 0 fully saturated rings. The van der Waals surface area contributed by atoms with Crippen molar-refractivity contribution in [2.75, 3.05) is 0 Å². The zero-order valence-electron chi connectivity index (χ0n) is 13.7. The summed E-state index contributed by atoms with van der Waals surface area (Å²) in [6.45, 7) is 0. The molecule has 4 aromatic rings. The molecule has 9 heteroatoms. The van der Waals surface area contributed by atoms with E-state index in [1.807, 2.05) is 23.7 Å². The van der Waals surface area contributed by atoms with Crippen molar-refractivity contribution in [3.63, 3.8) is 0 Å². The van der Waals surface area contributed by atoms with Crippen molar-refractivity contribution in [2.24, 2.45) is 7.05 Å². The van der Waals surface area contributed by atoms with E-state index in [1.165, 1.54) is 23.9 Å². The van der Waals surface area contributed by atoms with Crippen molar-refractivity contribution < 1.29 is 8.91 Å². The van der Waals surface area contributed by atoms with Crippen molar-refractivity contribution in [3.05, 3.63) is 60.5 Å². The monoisotopic (exact) mass is 368 g/mol. The fraction of sp³-hybridized carbons (Fsp3) is 0.118. The largest absolute Gasteiger partial charge is 0.338 e. The van der Waals surface area contributed by atoms with E-state index in [2.05, 4.69) is 25.3 Å². The van der Waals surface area contributed by atoms with Gasteiger partial charge in [0.25, 0.3) is 0 Å². The first kappa shape index (κ1) is 16.4. The van der Waals surface area contributed by atoms with E-state index in [1.54, 1.807) is 24.5 Å². The summed E-state index contributed by atoms with van der Waals surface area (Å²) in [4.78, 5) is 8.34. The predicted molar refractivity (Wildman–Crippen MR) is 93.5 cm³/mol. The molecule has 1 aromatic carbocycles. The number of pyridine rings is 1. The first-order valence-electron chi connectivity index (χ1n) is 7.72. The summed E-state index contributed by atoms with van der Waals surface area (Å²) < 4.78 is 20.2.